The molecule has 0 nitrogen and oxygen atoms in total. The average Bonchev–Trinajstić information content (AvgIpc) is 2.17. The zero-order valence-corrected chi connectivity index (χ0v) is 9.19. The van der Waals surface area contributed by atoms with Gasteiger partial charge in [0.2, 0.25) is 0 Å². The lowest BCUT2D eigenvalue weighted by Crippen LogP contribution is -2.14. The Morgan fingerprint density at radius 1 is 1.33 bits per heavy atom. The molecule has 1 atom stereocenters. The lowest BCUT2D eigenvalue weighted by atomic mass is 9.81. The lowest BCUT2D eigenvalue weighted by Gasteiger charge is -2.24. The van der Waals surface area contributed by atoms with Crippen LogP contribution in [0, 0.1) is 12.8 Å². The Kier molecular flexibility index (Phi) is 2.76. The van der Waals surface area contributed by atoms with Gasteiger partial charge >= 0.3 is 0 Å². The highest BCUT2D eigenvalue weighted by Gasteiger charge is 2.23. The molecule has 0 fully saturated rings. The number of halogens is 2. The normalized spacial score (nSPS) is 20.5. The summed E-state index contributed by atoms with van der Waals surface area (Å²) in [5.41, 5.74) is 3.08. The van der Waals surface area contributed by atoms with E-state index in [1.54, 1.807) is 6.92 Å². The van der Waals surface area contributed by atoms with E-state index in [1.165, 1.54) is 0 Å². The zero-order valence-electron chi connectivity index (χ0n) is 9.19. The standard InChI is InChI=1S/C13H16F2/c1-8-3-6-11-10(7-8)5-4-9(2)12(11)13(14)15/h4-5,8,13H,3,6-7H2,1-2H3. The van der Waals surface area contributed by atoms with Crippen molar-refractivity contribution in [1.29, 1.82) is 0 Å². The lowest BCUT2D eigenvalue weighted by molar-refractivity contribution is 0.149. The minimum absolute atomic E-state index is 0.291. The van der Waals surface area contributed by atoms with Crippen molar-refractivity contribution in [2.45, 2.75) is 39.5 Å². The van der Waals surface area contributed by atoms with Crippen LogP contribution in [0.25, 0.3) is 0 Å². The second kappa shape index (κ2) is 3.92. The quantitative estimate of drug-likeness (QED) is 0.655. The van der Waals surface area contributed by atoms with Gasteiger partial charge in [0.1, 0.15) is 0 Å². The van der Waals surface area contributed by atoms with Crippen molar-refractivity contribution in [2.24, 2.45) is 5.92 Å². The summed E-state index contributed by atoms with van der Waals surface area (Å²) in [5, 5.41) is 0. The molecule has 0 N–H and O–H groups in total. The third-order valence-corrected chi connectivity index (χ3v) is 3.35. The van der Waals surface area contributed by atoms with Crippen molar-refractivity contribution in [1.82, 2.24) is 0 Å². The molecule has 15 heavy (non-hydrogen) atoms. The molecule has 1 aliphatic carbocycles. The van der Waals surface area contributed by atoms with Gasteiger partial charge in [-0.25, -0.2) is 8.78 Å². The Hall–Kier alpha value is -0.920. The predicted octanol–water partition coefficient (Wildman–Crippen LogP) is 4.06. The molecule has 1 aromatic rings. The summed E-state index contributed by atoms with van der Waals surface area (Å²) >= 11 is 0. The largest absolute Gasteiger partial charge is 0.264 e. The molecule has 0 amide bonds. The molecule has 0 aromatic heterocycles. The van der Waals surface area contributed by atoms with Gasteiger partial charge in [-0.2, -0.15) is 0 Å². The molecule has 0 spiro atoms. The van der Waals surface area contributed by atoms with Crippen molar-refractivity contribution in [3.8, 4) is 0 Å². The van der Waals surface area contributed by atoms with Crippen LogP contribution in [0.4, 0.5) is 8.78 Å². The number of aryl methyl sites for hydroxylation is 1. The van der Waals surface area contributed by atoms with Crippen molar-refractivity contribution in [3.63, 3.8) is 0 Å². The van der Waals surface area contributed by atoms with Crippen molar-refractivity contribution in [2.75, 3.05) is 0 Å². The predicted molar refractivity (Wildman–Crippen MR) is 57.3 cm³/mol. The number of rotatable bonds is 1. The number of fused-ring (bicyclic) bond motifs is 1. The molecular weight excluding hydrogens is 194 g/mol. The fourth-order valence-electron chi connectivity index (χ4n) is 2.49. The first kappa shape index (κ1) is 10.6. The van der Waals surface area contributed by atoms with E-state index in [2.05, 4.69) is 6.92 Å². The SMILES string of the molecule is Cc1ccc2c(c1C(F)F)CCC(C)C2. The van der Waals surface area contributed by atoms with Crippen molar-refractivity contribution in [3.05, 3.63) is 34.4 Å². The molecule has 82 valence electrons. The molecule has 2 heteroatoms. The van der Waals surface area contributed by atoms with Gasteiger partial charge in [0.05, 0.1) is 0 Å². The smallest absolute Gasteiger partial charge is 0.205 e. The minimum Gasteiger partial charge on any atom is -0.205 e. The minimum atomic E-state index is -2.33. The first-order valence-electron chi connectivity index (χ1n) is 5.49. The topological polar surface area (TPSA) is 0 Å². The second-order valence-electron chi connectivity index (χ2n) is 4.58. The fraction of sp³-hybridized carbons (Fsp3) is 0.538. The maximum atomic E-state index is 12.9. The van der Waals surface area contributed by atoms with Gasteiger partial charge in [0.25, 0.3) is 6.43 Å². The van der Waals surface area contributed by atoms with Crippen LogP contribution in [0.5, 0.6) is 0 Å². The molecule has 0 radical (unpaired) electrons. The number of alkyl halides is 2. The summed E-state index contributed by atoms with van der Waals surface area (Å²) in [5.74, 6) is 0.630. The monoisotopic (exact) mass is 210 g/mol. The molecule has 0 bridgehead atoms. The highest BCUT2D eigenvalue weighted by Crippen LogP contribution is 2.34. The molecule has 0 aliphatic heterocycles. The van der Waals surface area contributed by atoms with Gasteiger partial charge in [0, 0.05) is 5.56 Å². The summed E-state index contributed by atoms with van der Waals surface area (Å²) in [6.45, 7) is 3.96. The molecule has 2 rings (SSSR count). The van der Waals surface area contributed by atoms with E-state index in [0.717, 1.165) is 36.0 Å². The van der Waals surface area contributed by atoms with Crippen LogP contribution in [0.3, 0.4) is 0 Å². The van der Waals surface area contributed by atoms with Crippen LogP contribution >= 0.6 is 0 Å². The third-order valence-electron chi connectivity index (χ3n) is 3.35. The summed E-state index contributed by atoms with van der Waals surface area (Å²) in [4.78, 5) is 0. The Bertz CT molecular complexity index is 369. The van der Waals surface area contributed by atoms with Gasteiger partial charge in [0.15, 0.2) is 0 Å². The van der Waals surface area contributed by atoms with Gasteiger partial charge in [-0.1, -0.05) is 19.1 Å². The van der Waals surface area contributed by atoms with Gasteiger partial charge < -0.3 is 0 Å². The molecular formula is C13H16F2. The Morgan fingerprint density at radius 2 is 2.07 bits per heavy atom. The van der Waals surface area contributed by atoms with Crippen LogP contribution in [0.15, 0.2) is 12.1 Å². The van der Waals surface area contributed by atoms with Gasteiger partial charge in [-0.15, -0.1) is 0 Å². The Labute approximate surface area is 89.3 Å². The summed E-state index contributed by atoms with van der Waals surface area (Å²) in [6, 6.07) is 3.85. The first-order valence-corrected chi connectivity index (χ1v) is 5.49. The summed E-state index contributed by atoms with van der Waals surface area (Å²) < 4.78 is 25.8. The van der Waals surface area contributed by atoms with E-state index in [4.69, 9.17) is 0 Å². The Morgan fingerprint density at radius 3 is 2.73 bits per heavy atom. The van der Waals surface area contributed by atoms with E-state index in [9.17, 15) is 8.78 Å². The molecule has 0 saturated heterocycles. The maximum Gasteiger partial charge on any atom is 0.264 e. The Balaban J connectivity index is 2.50. The fourth-order valence-corrected chi connectivity index (χ4v) is 2.49. The maximum absolute atomic E-state index is 12.9. The summed E-state index contributed by atoms with van der Waals surface area (Å²) in [7, 11) is 0. The van der Waals surface area contributed by atoms with Gasteiger partial charge in [-0.05, 0) is 48.8 Å². The summed E-state index contributed by atoms with van der Waals surface area (Å²) in [6.07, 6.45) is 0.483. The van der Waals surface area contributed by atoms with Crippen LogP contribution in [-0.4, -0.2) is 0 Å². The molecule has 1 aliphatic rings. The van der Waals surface area contributed by atoms with E-state index in [1.807, 2.05) is 12.1 Å². The third kappa shape index (κ3) is 1.90. The molecule has 1 unspecified atom stereocenters. The highest BCUT2D eigenvalue weighted by molar-refractivity contribution is 5.42. The number of hydrogen-bond acceptors (Lipinski definition) is 0. The van der Waals surface area contributed by atoms with E-state index >= 15 is 0 Å². The van der Waals surface area contributed by atoms with E-state index in [-0.39, 0.29) is 0 Å². The van der Waals surface area contributed by atoms with Crippen LogP contribution in [0.2, 0.25) is 0 Å². The molecule has 0 saturated carbocycles. The van der Waals surface area contributed by atoms with Crippen molar-refractivity contribution < 1.29 is 8.78 Å². The molecule has 0 heterocycles. The van der Waals surface area contributed by atoms with Crippen LogP contribution in [0.1, 0.15) is 42.0 Å². The van der Waals surface area contributed by atoms with E-state index in [0.29, 0.717) is 11.5 Å². The zero-order chi connectivity index (χ0) is 11.0. The van der Waals surface area contributed by atoms with Crippen LogP contribution < -0.4 is 0 Å². The number of hydrogen-bond donors (Lipinski definition) is 0. The molecule has 1 aromatic carbocycles. The van der Waals surface area contributed by atoms with Crippen LogP contribution in [-0.2, 0) is 12.8 Å². The highest BCUT2D eigenvalue weighted by atomic mass is 19.3. The number of benzene rings is 1. The van der Waals surface area contributed by atoms with Gasteiger partial charge in [-0.3, -0.25) is 0 Å². The second-order valence-corrected chi connectivity index (χ2v) is 4.58. The van der Waals surface area contributed by atoms with Crippen molar-refractivity contribution >= 4 is 0 Å². The van der Waals surface area contributed by atoms with E-state index < -0.39 is 6.43 Å². The first-order chi connectivity index (χ1) is 7.09. The average molecular weight is 210 g/mol.